The van der Waals surface area contributed by atoms with Crippen LogP contribution >= 0.6 is 11.8 Å². The van der Waals surface area contributed by atoms with Gasteiger partial charge in [0.2, 0.25) is 0 Å². The Morgan fingerprint density at radius 3 is 3.07 bits per heavy atom. The zero-order valence-corrected chi connectivity index (χ0v) is 8.98. The van der Waals surface area contributed by atoms with Crippen molar-refractivity contribution in [2.45, 2.75) is 6.67 Å². The van der Waals surface area contributed by atoms with Crippen LogP contribution in [0.1, 0.15) is 5.56 Å². The average molecular weight is 225 g/mol. The first-order valence-corrected chi connectivity index (χ1v) is 5.71. The topological polar surface area (TPSA) is 36.4 Å². The SMILES string of the molecule is FCc1cccc(NNC2=NCCS2)c1. The molecule has 0 saturated heterocycles. The van der Waals surface area contributed by atoms with Crippen LogP contribution in [0.4, 0.5) is 10.1 Å². The van der Waals surface area contributed by atoms with E-state index in [-0.39, 0.29) is 0 Å². The number of anilines is 1. The minimum atomic E-state index is -0.439. The van der Waals surface area contributed by atoms with Gasteiger partial charge >= 0.3 is 0 Å². The molecular weight excluding hydrogens is 213 g/mol. The predicted molar refractivity (Wildman–Crippen MR) is 62.8 cm³/mol. The van der Waals surface area contributed by atoms with Gasteiger partial charge in [0.25, 0.3) is 0 Å². The van der Waals surface area contributed by atoms with Crippen molar-refractivity contribution in [2.24, 2.45) is 4.99 Å². The van der Waals surface area contributed by atoms with E-state index >= 15 is 0 Å². The van der Waals surface area contributed by atoms with Crippen LogP contribution in [-0.4, -0.2) is 17.5 Å². The van der Waals surface area contributed by atoms with Crippen molar-refractivity contribution in [3.8, 4) is 0 Å². The fourth-order valence-electron chi connectivity index (χ4n) is 1.27. The van der Waals surface area contributed by atoms with Gasteiger partial charge in [-0.2, -0.15) is 0 Å². The van der Waals surface area contributed by atoms with Crippen LogP contribution in [0.5, 0.6) is 0 Å². The van der Waals surface area contributed by atoms with E-state index in [2.05, 4.69) is 15.8 Å². The number of aliphatic imine (C=N–C) groups is 1. The number of nitrogens with zero attached hydrogens (tertiary/aromatic N) is 1. The van der Waals surface area contributed by atoms with Gasteiger partial charge in [0.05, 0.1) is 12.2 Å². The van der Waals surface area contributed by atoms with Crippen molar-refractivity contribution in [1.29, 1.82) is 0 Å². The number of rotatable bonds is 3. The van der Waals surface area contributed by atoms with Crippen molar-refractivity contribution >= 4 is 22.6 Å². The summed E-state index contributed by atoms with van der Waals surface area (Å²) in [5, 5.41) is 0.889. The molecule has 15 heavy (non-hydrogen) atoms. The molecule has 80 valence electrons. The molecule has 5 heteroatoms. The number of thioether (sulfide) groups is 1. The Kier molecular flexibility index (Phi) is 3.45. The summed E-state index contributed by atoms with van der Waals surface area (Å²) in [7, 11) is 0. The number of hydrogen-bond donors (Lipinski definition) is 2. The standard InChI is InChI=1S/C10H12FN3S/c11-7-8-2-1-3-9(6-8)13-14-10-12-4-5-15-10/h1-3,6,13H,4-5,7H2,(H,12,14). The van der Waals surface area contributed by atoms with Crippen molar-refractivity contribution in [2.75, 3.05) is 17.7 Å². The van der Waals surface area contributed by atoms with Crippen LogP contribution in [0.3, 0.4) is 0 Å². The maximum atomic E-state index is 12.4. The number of hydrogen-bond acceptors (Lipinski definition) is 4. The Morgan fingerprint density at radius 2 is 2.33 bits per heavy atom. The molecular formula is C10H12FN3S. The number of benzene rings is 1. The first-order chi connectivity index (χ1) is 7.38. The second-order valence-electron chi connectivity index (χ2n) is 3.12. The van der Waals surface area contributed by atoms with Gasteiger partial charge in [0, 0.05) is 5.75 Å². The van der Waals surface area contributed by atoms with Gasteiger partial charge in [-0.3, -0.25) is 15.8 Å². The van der Waals surface area contributed by atoms with E-state index in [4.69, 9.17) is 0 Å². The molecule has 2 rings (SSSR count). The van der Waals surface area contributed by atoms with Crippen molar-refractivity contribution in [3.05, 3.63) is 29.8 Å². The van der Waals surface area contributed by atoms with Crippen molar-refractivity contribution in [3.63, 3.8) is 0 Å². The molecule has 1 aliphatic rings. The second kappa shape index (κ2) is 5.02. The third-order valence-corrected chi connectivity index (χ3v) is 2.87. The average Bonchev–Trinajstić information content (AvgIpc) is 2.79. The van der Waals surface area contributed by atoms with E-state index in [1.165, 1.54) is 0 Å². The number of halogens is 1. The van der Waals surface area contributed by atoms with E-state index in [9.17, 15) is 4.39 Å². The lowest BCUT2D eigenvalue weighted by Crippen LogP contribution is -2.25. The first kappa shape index (κ1) is 10.3. The molecule has 0 unspecified atom stereocenters. The molecule has 0 bridgehead atoms. The van der Waals surface area contributed by atoms with Crippen LogP contribution in [0.15, 0.2) is 29.3 Å². The summed E-state index contributed by atoms with van der Waals surface area (Å²) in [4.78, 5) is 4.23. The normalized spacial score (nSPS) is 14.9. The monoisotopic (exact) mass is 225 g/mol. The Morgan fingerprint density at radius 1 is 1.40 bits per heavy atom. The summed E-state index contributed by atoms with van der Waals surface area (Å²) >= 11 is 1.67. The number of hydrazine groups is 1. The van der Waals surface area contributed by atoms with Gasteiger partial charge in [0.15, 0.2) is 5.17 Å². The highest BCUT2D eigenvalue weighted by atomic mass is 32.2. The zero-order chi connectivity index (χ0) is 10.5. The Labute approximate surface area is 92.1 Å². The molecule has 0 aromatic heterocycles. The molecule has 0 fully saturated rings. The summed E-state index contributed by atoms with van der Waals surface area (Å²) in [6.45, 7) is 0.421. The molecule has 2 N–H and O–H groups in total. The van der Waals surface area contributed by atoms with Gasteiger partial charge in [-0.25, -0.2) is 4.39 Å². The van der Waals surface area contributed by atoms with Crippen molar-refractivity contribution < 1.29 is 4.39 Å². The fraction of sp³-hybridized carbons (Fsp3) is 0.300. The van der Waals surface area contributed by atoms with E-state index < -0.39 is 6.67 Å². The fourth-order valence-corrected chi connectivity index (χ4v) is 1.95. The highest BCUT2D eigenvalue weighted by molar-refractivity contribution is 8.14. The van der Waals surface area contributed by atoms with Crippen LogP contribution in [0, 0.1) is 0 Å². The number of alkyl halides is 1. The minimum Gasteiger partial charge on any atom is -0.299 e. The molecule has 0 spiro atoms. The Hall–Kier alpha value is -1.23. The second-order valence-corrected chi connectivity index (χ2v) is 4.20. The van der Waals surface area contributed by atoms with E-state index in [1.54, 1.807) is 23.9 Å². The van der Waals surface area contributed by atoms with Crippen LogP contribution in [0.25, 0.3) is 0 Å². The summed E-state index contributed by atoms with van der Waals surface area (Å²) in [5.41, 5.74) is 7.50. The summed E-state index contributed by atoms with van der Waals surface area (Å²) in [6.07, 6.45) is 0. The first-order valence-electron chi connectivity index (χ1n) is 4.72. The Bertz CT molecular complexity index is 367. The van der Waals surface area contributed by atoms with Crippen LogP contribution in [0.2, 0.25) is 0 Å². The molecule has 1 aromatic rings. The largest absolute Gasteiger partial charge is 0.299 e. The summed E-state index contributed by atoms with van der Waals surface area (Å²) in [6, 6.07) is 7.23. The van der Waals surface area contributed by atoms with Gasteiger partial charge < -0.3 is 0 Å². The molecule has 0 radical (unpaired) electrons. The maximum Gasteiger partial charge on any atom is 0.175 e. The Balaban J connectivity index is 1.92. The molecule has 0 atom stereocenters. The van der Waals surface area contributed by atoms with Gasteiger partial charge in [0.1, 0.15) is 6.67 Å². The molecule has 1 aliphatic heterocycles. The molecule has 1 heterocycles. The van der Waals surface area contributed by atoms with Crippen LogP contribution in [-0.2, 0) is 6.67 Å². The highest BCUT2D eigenvalue weighted by Crippen LogP contribution is 2.12. The van der Waals surface area contributed by atoms with E-state index in [1.807, 2.05) is 12.1 Å². The minimum absolute atomic E-state index is 0.439. The summed E-state index contributed by atoms with van der Waals surface area (Å²) < 4.78 is 12.4. The van der Waals surface area contributed by atoms with Gasteiger partial charge in [-0.05, 0) is 17.7 Å². The van der Waals surface area contributed by atoms with Gasteiger partial charge in [-0.1, -0.05) is 23.9 Å². The highest BCUT2D eigenvalue weighted by Gasteiger charge is 2.05. The predicted octanol–water partition coefficient (Wildman–Crippen LogP) is 2.18. The molecule has 0 amide bonds. The van der Waals surface area contributed by atoms with Crippen molar-refractivity contribution in [1.82, 2.24) is 5.43 Å². The zero-order valence-electron chi connectivity index (χ0n) is 8.16. The molecule has 3 nitrogen and oxygen atoms in total. The lowest BCUT2D eigenvalue weighted by atomic mass is 10.2. The number of nitrogens with one attached hydrogen (secondary N) is 2. The lowest BCUT2D eigenvalue weighted by molar-refractivity contribution is 0.485. The smallest absolute Gasteiger partial charge is 0.175 e. The third kappa shape index (κ3) is 2.86. The third-order valence-electron chi connectivity index (χ3n) is 1.98. The maximum absolute atomic E-state index is 12.4. The lowest BCUT2D eigenvalue weighted by Gasteiger charge is -2.09. The molecule has 1 aromatic carbocycles. The molecule has 0 aliphatic carbocycles. The summed E-state index contributed by atoms with van der Waals surface area (Å²) in [5.74, 6) is 1.02. The van der Waals surface area contributed by atoms with E-state index in [0.29, 0.717) is 5.56 Å². The van der Waals surface area contributed by atoms with Gasteiger partial charge in [-0.15, -0.1) is 0 Å². The molecule has 0 saturated carbocycles. The van der Waals surface area contributed by atoms with E-state index in [0.717, 1.165) is 23.2 Å². The number of amidine groups is 1. The quantitative estimate of drug-likeness (QED) is 0.774. The van der Waals surface area contributed by atoms with Crippen LogP contribution < -0.4 is 10.9 Å².